The molecule has 0 bridgehead atoms. The third-order valence-corrected chi connectivity index (χ3v) is 4.82. The number of allylic oxidation sites excluding steroid dienone is 9. The van der Waals surface area contributed by atoms with Gasteiger partial charge in [0.1, 0.15) is 6.23 Å². The smallest absolute Gasteiger partial charge is 0.144 e. The van der Waals surface area contributed by atoms with Crippen LogP contribution in [0.2, 0.25) is 0 Å². The third kappa shape index (κ3) is 10.5. The first-order valence-corrected chi connectivity index (χ1v) is 11.1. The molecule has 0 aliphatic carbocycles. The minimum absolute atomic E-state index is 0.120. The maximum Gasteiger partial charge on any atom is 0.144 e. The van der Waals surface area contributed by atoms with Crippen molar-refractivity contribution < 1.29 is 10.2 Å². The van der Waals surface area contributed by atoms with E-state index in [0.717, 1.165) is 29.7 Å². The van der Waals surface area contributed by atoms with Crippen LogP contribution in [0.25, 0.3) is 0 Å². The van der Waals surface area contributed by atoms with Crippen molar-refractivity contribution in [1.29, 1.82) is 0 Å². The Morgan fingerprint density at radius 3 is 2.75 bits per heavy atom. The Balaban J connectivity index is 3.17. The number of nitrogens with zero attached hydrogens (tertiary/aromatic N) is 2. The van der Waals surface area contributed by atoms with Gasteiger partial charge in [-0.25, -0.2) is 4.99 Å². The van der Waals surface area contributed by atoms with Gasteiger partial charge in [-0.1, -0.05) is 37.1 Å². The number of hydrogen-bond acceptors (Lipinski definition) is 6. The number of aliphatic hydroxyl groups is 2. The fraction of sp³-hybridized carbons (Fsp3) is 0.423. The molecular formula is C26H38N4O2. The van der Waals surface area contributed by atoms with E-state index in [9.17, 15) is 5.11 Å². The van der Waals surface area contributed by atoms with Crippen LogP contribution in [-0.2, 0) is 0 Å². The molecule has 6 nitrogen and oxygen atoms in total. The largest absolute Gasteiger partial charge is 0.395 e. The molecule has 0 aromatic carbocycles. The van der Waals surface area contributed by atoms with Crippen LogP contribution in [0.5, 0.6) is 0 Å². The average Bonchev–Trinajstić information content (AvgIpc) is 2.79. The molecule has 6 heteroatoms. The minimum Gasteiger partial charge on any atom is -0.395 e. The first kappa shape index (κ1) is 27.3. The van der Waals surface area contributed by atoms with Crippen molar-refractivity contribution in [3.63, 3.8) is 0 Å². The van der Waals surface area contributed by atoms with Crippen molar-refractivity contribution in [2.45, 2.75) is 59.7 Å². The van der Waals surface area contributed by atoms with E-state index in [4.69, 9.17) is 5.11 Å². The second-order valence-electron chi connectivity index (χ2n) is 7.46. The maximum absolute atomic E-state index is 9.74. The first-order chi connectivity index (χ1) is 15.4. The standard InChI is InChI=1S/C26H38N4O2/c1-6-9-23(21(4)28-17-18-31)10-8-15-29-25(22(5)27-14-7-2)12-11-20(3)24-13-16-30-26(32)19-24/h7-8,10-14,16,19,21,26,28,30-32H,6,9,17-18H2,1-5H3/b14-7-,20-11+,23-10+,25-12+,27-22+. The number of aliphatic hydroxyl groups excluding tert-OH is 2. The summed E-state index contributed by atoms with van der Waals surface area (Å²) in [4.78, 5) is 8.92. The summed E-state index contributed by atoms with van der Waals surface area (Å²) in [6, 6.07) is 0.181. The van der Waals surface area contributed by atoms with Gasteiger partial charge in [0, 0.05) is 18.8 Å². The molecule has 0 spiro atoms. The van der Waals surface area contributed by atoms with Crippen LogP contribution in [0.4, 0.5) is 0 Å². The molecular weight excluding hydrogens is 400 g/mol. The number of nitrogens with one attached hydrogen (secondary N) is 2. The fourth-order valence-corrected chi connectivity index (χ4v) is 2.96. The van der Waals surface area contributed by atoms with Crippen LogP contribution in [-0.4, -0.2) is 47.2 Å². The van der Waals surface area contributed by atoms with Gasteiger partial charge in [-0.3, -0.25) is 4.99 Å². The summed E-state index contributed by atoms with van der Waals surface area (Å²) >= 11 is 0. The molecule has 1 aliphatic heterocycles. The van der Waals surface area contributed by atoms with Gasteiger partial charge in [0.05, 0.1) is 18.0 Å². The van der Waals surface area contributed by atoms with E-state index >= 15 is 0 Å². The second-order valence-corrected chi connectivity index (χ2v) is 7.46. The van der Waals surface area contributed by atoms with E-state index in [1.165, 1.54) is 5.57 Å². The number of dihydropyridines is 1. The molecule has 1 heterocycles. The minimum atomic E-state index is -0.681. The predicted octanol–water partition coefficient (Wildman–Crippen LogP) is 4.10. The topological polar surface area (TPSA) is 89.2 Å². The zero-order valence-electron chi connectivity index (χ0n) is 20.0. The Hall–Kier alpha value is -2.76. The van der Waals surface area contributed by atoms with E-state index in [0.29, 0.717) is 12.2 Å². The van der Waals surface area contributed by atoms with Crippen LogP contribution in [0.3, 0.4) is 0 Å². The highest BCUT2D eigenvalue weighted by Crippen LogP contribution is 2.15. The van der Waals surface area contributed by atoms with Gasteiger partial charge in [0.2, 0.25) is 0 Å². The normalized spacial score (nSPS) is 18.8. The zero-order chi connectivity index (χ0) is 23.8. The lowest BCUT2D eigenvalue weighted by molar-refractivity contribution is 0.200. The SMILES string of the molecule is C\C=C/N=C(C)/C(=C\C=C(/C)C1=CC(O)NC=C1)N=C=C/C=C(\CCC)C(C)NCCO. The lowest BCUT2D eigenvalue weighted by Crippen LogP contribution is -2.30. The summed E-state index contributed by atoms with van der Waals surface area (Å²) in [5.41, 5.74) is 4.68. The third-order valence-electron chi connectivity index (χ3n) is 4.82. The molecule has 1 rings (SSSR count). The highest BCUT2D eigenvalue weighted by molar-refractivity contribution is 5.99. The number of aliphatic imine (C=N–C) groups is 2. The van der Waals surface area contributed by atoms with Crippen molar-refractivity contribution in [3.8, 4) is 0 Å². The van der Waals surface area contributed by atoms with Crippen molar-refractivity contribution in [1.82, 2.24) is 10.6 Å². The molecule has 0 saturated heterocycles. The molecule has 174 valence electrons. The lowest BCUT2D eigenvalue weighted by Gasteiger charge is -2.16. The fourth-order valence-electron chi connectivity index (χ4n) is 2.96. The second kappa shape index (κ2) is 16.0. The van der Waals surface area contributed by atoms with E-state index in [2.05, 4.69) is 40.3 Å². The Kier molecular flexibility index (Phi) is 13.6. The van der Waals surface area contributed by atoms with Crippen molar-refractivity contribution in [2.75, 3.05) is 13.2 Å². The average molecular weight is 439 g/mol. The molecule has 2 unspecified atom stereocenters. The molecule has 32 heavy (non-hydrogen) atoms. The van der Waals surface area contributed by atoms with Gasteiger partial charge < -0.3 is 20.8 Å². The summed E-state index contributed by atoms with van der Waals surface area (Å²) in [5.74, 6) is 3.02. The van der Waals surface area contributed by atoms with E-state index in [-0.39, 0.29) is 12.6 Å². The van der Waals surface area contributed by atoms with Gasteiger partial charge in [-0.2, -0.15) is 0 Å². The van der Waals surface area contributed by atoms with Crippen LogP contribution < -0.4 is 10.6 Å². The molecule has 0 fully saturated rings. The van der Waals surface area contributed by atoms with Gasteiger partial charge in [-0.15, -0.1) is 0 Å². The quantitative estimate of drug-likeness (QED) is 0.273. The highest BCUT2D eigenvalue weighted by Gasteiger charge is 2.07. The van der Waals surface area contributed by atoms with Crippen LogP contribution in [0.15, 0.2) is 87.3 Å². The summed E-state index contributed by atoms with van der Waals surface area (Å²) in [5, 5.41) is 24.9. The summed E-state index contributed by atoms with van der Waals surface area (Å²) in [7, 11) is 0. The zero-order valence-corrected chi connectivity index (χ0v) is 20.0. The summed E-state index contributed by atoms with van der Waals surface area (Å²) in [6.45, 7) is 10.7. The molecule has 0 aromatic heterocycles. The molecule has 0 amide bonds. The van der Waals surface area contributed by atoms with Crippen molar-refractivity contribution in [3.05, 3.63) is 77.3 Å². The van der Waals surface area contributed by atoms with Gasteiger partial charge in [0.25, 0.3) is 0 Å². The summed E-state index contributed by atoms with van der Waals surface area (Å²) in [6.07, 6.45) is 18.1. The Morgan fingerprint density at radius 1 is 1.31 bits per heavy atom. The van der Waals surface area contributed by atoms with Gasteiger partial charge >= 0.3 is 0 Å². The van der Waals surface area contributed by atoms with Gasteiger partial charge in [-0.05, 0) is 81.6 Å². The van der Waals surface area contributed by atoms with Crippen molar-refractivity contribution >= 4 is 11.6 Å². The van der Waals surface area contributed by atoms with E-state index in [1.807, 2.05) is 57.2 Å². The van der Waals surface area contributed by atoms with Crippen LogP contribution >= 0.6 is 0 Å². The molecule has 0 radical (unpaired) electrons. The molecule has 0 saturated carbocycles. The van der Waals surface area contributed by atoms with Crippen LogP contribution in [0.1, 0.15) is 47.5 Å². The summed E-state index contributed by atoms with van der Waals surface area (Å²) < 4.78 is 0. The van der Waals surface area contributed by atoms with Crippen LogP contribution in [0, 0.1) is 0 Å². The molecule has 1 aliphatic rings. The van der Waals surface area contributed by atoms with Crippen molar-refractivity contribution in [2.24, 2.45) is 9.98 Å². The highest BCUT2D eigenvalue weighted by atomic mass is 16.3. The van der Waals surface area contributed by atoms with E-state index < -0.39 is 6.23 Å². The molecule has 4 N–H and O–H groups in total. The first-order valence-electron chi connectivity index (χ1n) is 11.1. The lowest BCUT2D eigenvalue weighted by atomic mass is 10.0. The molecule has 0 aromatic rings. The maximum atomic E-state index is 9.74. The molecule has 2 atom stereocenters. The monoisotopic (exact) mass is 438 g/mol. The van der Waals surface area contributed by atoms with Gasteiger partial charge in [0.15, 0.2) is 0 Å². The van der Waals surface area contributed by atoms with E-state index in [1.54, 1.807) is 18.5 Å². The Bertz CT molecular complexity index is 866. The Labute approximate surface area is 193 Å². The number of rotatable bonds is 12. The Morgan fingerprint density at radius 2 is 2.09 bits per heavy atom. The predicted molar refractivity (Wildman–Crippen MR) is 136 cm³/mol. The number of hydrogen-bond donors (Lipinski definition) is 4.